The molecule has 0 radical (unpaired) electrons. The normalized spacial score (nSPS) is 16.6. The Hall–Kier alpha value is -3.13. The summed E-state index contributed by atoms with van der Waals surface area (Å²) in [6, 6.07) is 8.07. The van der Waals surface area contributed by atoms with Crippen molar-refractivity contribution in [2.75, 3.05) is 6.67 Å². The molecule has 1 aromatic carbocycles. The fourth-order valence-corrected chi connectivity index (χ4v) is 3.49. The van der Waals surface area contributed by atoms with Gasteiger partial charge in [-0.3, -0.25) is 9.78 Å². The molecule has 27 heavy (non-hydrogen) atoms. The third-order valence-electron chi connectivity index (χ3n) is 4.80. The van der Waals surface area contributed by atoms with E-state index in [9.17, 15) is 8.78 Å². The molecule has 8 heteroatoms. The lowest BCUT2D eigenvalue weighted by atomic mass is 9.97. The second-order valence-electron chi connectivity index (χ2n) is 6.44. The van der Waals surface area contributed by atoms with Gasteiger partial charge in [-0.15, -0.1) is 0 Å². The Morgan fingerprint density at radius 1 is 1.22 bits per heavy atom. The Kier molecular flexibility index (Phi) is 3.71. The van der Waals surface area contributed by atoms with Crippen LogP contribution >= 0.6 is 0 Å². The Morgan fingerprint density at radius 3 is 2.89 bits per heavy atom. The van der Waals surface area contributed by atoms with Crippen molar-refractivity contribution in [3.63, 3.8) is 0 Å². The molecule has 1 aliphatic rings. The topological polar surface area (TPSA) is 68.6 Å². The van der Waals surface area contributed by atoms with Gasteiger partial charge < -0.3 is 4.74 Å². The Balaban J connectivity index is 1.77. The third kappa shape index (κ3) is 2.60. The predicted octanol–water partition coefficient (Wildman–Crippen LogP) is 3.50. The summed E-state index contributed by atoms with van der Waals surface area (Å²) in [5.41, 5.74) is 4.76. The maximum absolute atomic E-state index is 13.4. The molecule has 136 valence electrons. The molecule has 0 bridgehead atoms. The Bertz CT molecular complexity index is 1120. The van der Waals surface area contributed by atoms with Crippen LogP contribution in [0.5, 0.6) is 0 Å². The number of nitrogens with zero attached hydrogens (tertiary/aromatic N) is 4. The average molecular weight is 367 g/mol. The summed E-state index contributed by atoms with van der Waals surface area (Å²) in [6.45, 7) is 0.0151. The van der Waals surface area contributed by atoms with Crippen LogP contribution in [0.4, 0.5) is 8.78 Å². The molecule has 5 rings (SSSR count). The van der Waals surface area contributed by atoms with E-state index in [4.69, 9.17) is 9.84 Å². The SMILES string of the molecule is FC[C@@H]1Cn2nc(-c3ccc(F)cc3)c(-c3ccnc4[nH]ncc34)c2CO1. The van der Waals surface area contributed by atoms with Crippen LogP contribution in [0.2, 0.25) is 0 Å². The summed E-state index contributed by atoms with van der Waals surface area (Å²) in [5.74, 6) is -0.314. The maximum Gasteiger partial charge on any atom is 0.155 e. The first-order valence-corrected chi connectivity index (χ1v) is 8.56. The monoisotopic (exact) mass is 367 g/mol. The van der Waals surface area contributed by atoms with Crippen molar-refractivity contribution in [1.82, 2.24) is 25.0 Å². The summed E-state index contributed by atoms with van der Waals surface area (Å²) in [6.07, 6.45) is 2.89. The molecule has 4 aromatic rings. The van der Waals surface area contributed by atoms with Crippen LogP contribution in [0, 0.1) is 5.82 Å². The van der Waals surface area contributed by atoms with E-state index >= 15 is 0 Å². The molecular weight excluding hydrogens is 352 g/mol. The Morgan fingerprint density at radius 2 is 2.07 bits per heavy atom. The van der Waals surface area contributed by atoms with Crippen molar-refractivity contribution in [3.05, 3.63) is 54.2 Å². The maximum atomic E-state index is 13.4. The summed E-state index contributed by atoms with van der Waals surface area (Å²) < 4.78 is 33.9. The van der Waals surface area contributed by atoms with E-state index in [-0.39, 0.29) is 12.4 Å². The first-order valence-electron chi connectivity index (χ1n) is 8.56. The second-order valence-corrected chi connectivity index (χ2v) is 6.44. The van der Waals surface area contributed by atoms with Gasteiger partial charge in [0.2, 0.25) is 0 Å². The molecule has 0 aliphatic carbocycles. The molecule has 0 saturated heterocycles. The van der Waals surface area contributed by atoms with E-state index in [0.29, 0.717) is 17.9 Å². The van der Waals surface area contributed by atoms with Crippen molar-refractivity contribution in [1.29, 1.82) is 0 Å². The van der Waals surface area contributed by atoms with E-state index in [1.165, 1.54) is 12.1 Å². The molecule has 0 saturated carbocycles. The number of benzene rings is 1. The first kappa shape index (κ1) is 16.1. The van der Waals surface area contributed by atoms with Crippen LogP contribution in [0.25, 0.3) is 33.4 Å². The zero-order valence-electron chi connectivity index (χ0n) is 14.2. The summed E-state index contributed by atoms with van der Waals surface area (Å²) >= 11 is 0. The minimum atomic E-state index is -0.568. The first-order chi connectivity index (χ1) is 13.2. The zero-order valence-corrected chi connectivity index (χ0v) is 14.2. The highest BCUT2D eigenvalue weighted by molar-refractivity contribution is 5.97. The number of pyridine rings is 1. The summed E-state index contributed by atoms with van der Waals surface area (Å²) in [7, 11) is 0. The van der Waals surface area contributed by atoms with Crippen molar-refractivity contribution < 1.29 is 13.5 Å². The smallest absolute Gasteiger partial charge is 0.155 e. The van der Waals surface area contributed by atoms with Crippen molar-refractivity contribution >= 4 is 11.0 Å². The van der Waals surface area contributed by atoms with Gasteiger partial charge in [-0.05, 0) is 35.9 Å². The van der Waals surface area contributed by atoms with Gasteiger partial charge in [-0.25, -0.2) is 13.8 Å². The van der Waals surface area contributed by atoms with Crippen LogP contribution in [-0.2, 0) is 17.9 Å². The second kappa shape index (κ2) is 6.24. The van der Waals surface area contributed by atoms with E-state index in [0.717, 1.165) is 27.8 Å². The van der Waals surface area contributed by atoms with Gasteiger partial charge in [0.25, 0.3) is 0 Å². The van der Waals surface area contributed by atoms with Crippen molar-refractivity contribution in [2.45, 2.75) is 19.3 Å². The number of alkyl halides is 1. The highest BCUT2D eigenvalue weighted by Gasteiger charge is 2.28. The van der Waals surface area contributed by atoms with E-state index in [1.807, 2.05) is 6.07 Å². The molecule has 1 N–H and O–H groups in total. The highest BCUT2D eigenvalue weighted by atomic mass is 19.1. The molecular formula is C19H15F2N5O. The van der Waals surface area contributed by atoms with Crippen molar-refractivity contribution in [3.8, 4) is 22.4 Å². The molecule has 1 aliphatic heterocycles. The summed E-state index contributed by atoms with van der Waals surface area (Å²) in [5, 5.41) is 12.5. The summed E-state index contributed by atoms with van der Waals surface area (Å²) in [4.78, 5) is 4.29. The number of hydrogen-bond donors (Lipinski definition) is 1. The quantitative estimate of drug-likeness (QED) is 0.602. The average Bonchev–Trinajstić information content (AvgIpc) is 3.32. The number of ether oxygens (including phenoxy) is 1. The number of H-pyrrole nitrogens is 1. The molecule has 0 unspecified atom stereocenters. The standard InChI is InChI=1S/C19H15F2N5O/c20-7-13-9-26-16(10-27-13)17(14-5-6-22-19-15(14)8-23-24-19)18(25-26)11-1-3-12(21)4-2-11/h1-6,8,13H,7,9-10H2,(H,22,23,24)/t13-/m1/s1. The molecule has 0 fully saturated rings. The van der Waals surface area contributed by atoms with Gasteiger partial charge in [-0.2, -0.15) is 10.2 Å². The number of rotatable bonds is 3. The zero-order chi connectivity index (χ0) is 18.4. The lowest BCUT2D eigenvalue weighted by Crippen LogP contribution is -2.29. The van der Waals surface area contributed by atoms with Gasteiger partial charge in [0.15, 0.2) is 5.65 Å². The fraction of sp³-hybridized carbons (Fsp3) is 0.211. The van der Waals surface area contributed by atoms with Crippen LogP contribution in [0.3, 0.4) is 0 Å². The minimum absolute atomic E-state index is 0.250. The number of hydrogen-bond acceptors (Lipinski definition) is 4. The number of aromatic nitrogens is 5. The number of aromatic amines is 1. The molecule has 1 atom stereocenters. The van der Waals surface area contributed by atoms with Crippen LogP contribution in [0.1, 0.15) is 5.69 Å². The van der Waals surface area contributed by atoms with Crippen LogP contribution in [-0.4, -0.2) is 37.7 Å². The minimum Gasteiger partial charge on any atom is -0.367 e. The molecule has 0 amide bonds. The van der Waals surface area contributed by atoms with Gasteiger partial charge in [0.1, 0.15) is 24.3 Å². The molecule has 3 aromatic heterocycles. The number of fused-ring (bicyclic) bond motifs is 2. The Labute approximate surface area is 152 Å². The van der Waals surface area contributed by atoms with E-state index < -0.39 is 12.8 Å². The highest BCUT2D eigenvalue weighted by Crippen LogP contribution is 2.39. The lowest BCUT2D eigenvalue weighted by molar-refractivity contribution is -0.0126. The van der Waals surface area contributed by atoms with Gasteiger partial charge >= 0.3 is 0 Å². The van der Waals surface area contributed by atoms with Crippen molar-refractivity contribution in [2.24, 2.45) is 0 Å². The molecule has 4 heterocycles. The van der Waals surface area contributed by atoms with Gasteiger partial charge in [0, 0.05) is 22.7 Å². The van der Waals surface area contributed by atoms with Crippen LogP contribution < -0.4 is 0 Å². The lowest BCUT2D eigenvalue weighted by Gasteiger charge is -2.22. The van der Waals surface area contributed by atoms with E-state index in [1.54, 1.807) is 29.2 Å². The van der Waals surface area contributed by atoms with Gasteiger partial charge in [0.05, 0.1) is 25.0 Å². The number of nitrogens with one attached hydrogen (secondary N) is 1. The molecule has 6 nitrogen and oxygen atoms in total. The predicted molar refractivity (Wildman–Crippen MR) is 95.1 cm³/mol. The fourth-order valence-electron chi connectivity index (χ4n) is 3.49. The third-order valence-corrected chi connectivity index (χ3v) is 4.80. The van der Waals surface area contributed by atoms with Gasteiger partial charge in [-0.1, -0.05) is 0 Å². The molecule has 0 spiro atoms. The van der Waals surface area contributed by atoms with Crippen LogP contribution in [0.15, 0.2) is 42.7 Å². The number of halogens is 2. The van der Waals surface area contributed by atoms with E-state index in [2.05, 4.69) is 15.2 Å². The largest absolute Gasteiger partial charge is 0.367 e.